The van der Waals surface area contributed by atoms with E-state index < -0.39 is 61.1 Å². The Morgan fingerprint density at radius 3 is 2.59 bits per heavy atom. The van der Waals surface area contributed by atoms with Crippen molar-refractivity contribution >= 4 is 5.97 Å². The molecule has 2 heterocycles. The summed E-state index contributed by atoms with van der Waals surface area (Å²) < 4.78 is 21.3. The average Bonchev–Trinajstić information content (AvgIpc) is 2.97. The van der Waals surface area contributed by atoms with Crippen LogP contribution < -0.4 is 0 Å². The van der Waals surface area contributed by atoms with Crippen LogP contribution in [0.2, 0.25) is 0 Å². The molecule has 27 heavy (non-hydrogen) atoms. The van der Waals surface area contributed by atoms with E-state index in [-0.39, 0.29) is 11.5 Å². The minimum Gasteiger partial charge on any atom is -0.471 e. The standard InChI is InChI=1S/C17H26O10/c1-17(23)4-3-7-8(14(22)24-2)6-25-15(10(7)17)27-16-13(21)12(20)11(19)9(5-18)26-16/h6-7,9-13,15-16,18-21,23H,3-5H2,1-2H3/t7-,9?,10-,11?,12?,13?,15?,16?,17+/m1/s1. The molecule has 5 N–H and O–H groups in total. The van der Waals surface area contributed by atoms with Gasteiger partial charge in [0.05, 0.1) is 37.1 Å². The molecule has 3 aliphatic rings. The summed E-state index contributed by atoms with van der Waals surface area (Å²) in [7, 11) is 1.25. The largest absolute Gasteiger partial charge is 0.471 e. The zero-order valence-electron chi connectivity index (χ0n) is 15.1. The number of aliphatic hydroxyl groups excluding tert-OH is 4. The van der Waals surface area contributed by atoms with Gasteiger partial charge in [-0.1, -0.05) is 0 Å². The van der Waals surface area contributed by atoms with Gasteiger partial charge < -0.3 is 44.5 Å². The zero-order valence-corrected chi connectivity index (χ0v) is 15.1. The monoisotopic (exact) mass is 390 g/mol. The van der Waals surface area contributed by atoms with Crippen molar-refractivity contribution in [2.24, 2.45) is 11.8 Å². The zero-order chi connectivity index (χ0) is 19.9. The fraction of sp³-hybridized carbons (Fsp3) is 0.824. The molecule has 3 rings (SSSR count). The smallest absolute Gasteiger partial charge is 0.337 e. The second-order valence-corrected chi connectivity index (χ2v) is 7.43. The Labute approximate surface area is 155 Å². The first-order valence-corrected chi connectivity index (χ1v) is 8.83. The average molecular weight is 390 g/mol. The second-order valence-electron chi connectivity index (χ2n) is 7.43. The minimum atomic E-state index is -1.60. The molecule has 1 saturated heterocycles. The van der Waals surface area contributed by atoms with Crippen LogP contribution in [0.15, 0.2) is 11.8 Å². The van der Waals surface area contributed by atoms with Gasteiger partial charge in [-0.3, -0.25) is 0 Å². The van der Waals surface area contributed by atoms with Gasteiger partial charge >= 0.3 is 5.97 Å². The molecule has 0 aromatic carbocycles. The van der Waals surface area contributed by atoms with Crippen LogP contribution >= 0.6 is 0 Å². The Kier molecular flexibility index (Phi) is 5.78. The van der Waals surface area contributed by atoms with Gasteiger partial charge in [0.15, 0.2) is 6.29 Å². The van der Waals surface area contributed by atoms with E-state index in [0.29, 0.717) is 12.8 Å². The normalized spacial score (nSPS) is 47.0. The van der Waals surface area contributed by atoms with E-state index >= 15 is 0 Å². The van der Waals surface area contributed by atoms with Crippen LogP contribution in [0, 0.1) is 11.8 Å². The van der Waals surface area contributed by atoms with Crippen molar-refractivity contribution in [1.29, 1.82) is 0 Å². The lowest BCUT2D eigenvalue weighted by atomic mass is 9.81. The van der Waals surface area contributed by atoms with Crippen LogP contribution in [0.1, 0.15) is 19.8 Å². The molecule has 9 atom stereocenters. The highest BCUT2D eigenvalue weighted by molar-refractivity contribution is 5.89. The Morgan fingerprint density at radius 2 is 1.96 bits per heavy atom. The maximum absolute atomic E-state index is 12.0. The molecule has 0 spiro atoms. The fourth-order valence-electron chi connectivity index (χ4n) is 4.12. The number of hydrogen-bond donors (Lipinski definition) is 5. The van der Waals surface area contributed by atoms with Crippen molar-refractivity contribution in [3.63, 3.8) is 0 Å². The summed E-state index contributed by atoms with van der Waals surface area (Å²) in [6.07, 6.45) is -6.19. The molecule has 0 aromatic rings. The predicted molar refractivity (Wildman–Crippen MR) is 86.7 cm³/mol. The molecular formula is C17H26O10. The highest BCUT2D eigenvalue weighted by Gasteiger charge is 2.56. The summed E-state index contributed by atoms with van der Waals surface area (Å²) in [4.78, 5) is 12.0. The highest BCUT2D eigenvalue weighted by atomic mass is 16.8. The first kappa shape index (κ1) is 20.5. The highest BCUT2D eigenvalue weighted by Crippen LogP contribution is 2.49. The van der Waals surface area contributed by atoms with Crippen molar-refractivity contribution in [3.8, 4) is 0 Å². The molecule has 1 saturated carbocycles. The third-order valence-corrected chi connectivity index (χ3v) is 5.67. The lowest BCUT2D eigenvalue weighted by Gasteiger charge is -2.44. The number of carbonyl (C=O) groups excluding carboxylic acids is 1. The summed E-state index contributed by atoms with van der Waals surface area (Å²) in [5.74, 6) is -1.59. The van der Waals surface area contributed by atoms with Crippen LogP contribution in [-0.4, -0.2) is 87.8 Å². The van der Waals surface area contributed by atoms with E-state index in [9.17, 15) is 30.3 Å². The number of methoxy groups -OCH3 is 1. The van der Waals surface area contributed by atoms with Crippen LogP contribution in [-0.2, 0) is 23.7 Å². The lowest BCUT2D eigenvalue weighted by Crippen LogP contribution is -2.60. The van der Waals surface area contributed by atoms with E-state index in [0.717, 1.165) is 0 Å². The number of aliphatic hydroxyl groups is 5. The van der Waals surface area contributed by atoms with E-state index in [1.165, 1.54) is 13.4 Å². The third-order valence-electron chi connectivity index (χ3n) is 5.67. The number of hydrogen-bond acceptors (Lipinski definition) is 10. The predicted octanol–water partition coefficient (Wildman–Crippen LogP) is -2.01. The first-order chi connectivity index (χ1) is 12.7. The fourth-order valence-corrected chi connectivity index (χ4v) is 4.12. The Morgan fingerprint density at radius 1 is 1.26 bits per heavy atom. The molecule has 154 valence electrons. The summed E-state index contributed by atoms with van der Waals surface area (Å²) in [5, 5.41) is 49.9. The van der Waals surface area contributed by atoms with Crippen molar-refractivity contribution in [1.82, 2.24) is 0 Å². The van der Waals surface area contributed by atoms with Crippen molar-refractivity contribution < 1.29 is 49.3 Å². The van der Waals surface area contributed by atoms with Gasteiger partial charge in [-0.25, -0.2) is 4.79 Å². The maximum Gasteiger partial charge on any atom is 0.337 e. The van der Waals surface area contributed by atoms with Crippen LogP contribution in [0.4, 0.5) is 0 Å². The van der Waals surface area contributed by atoms with Gasteiger partial charge in [0.2, 0.25) is 6.29 Å². The van der Waals surface area contributed by atoms with Crippen molar-refractivity contribution in [2.75, 3.05) is 13.7 Å². The Bertz CT molecular complexity index is 588. The van der Waals surface area contributed by atoms with E-state index in [4.69, 9.17) is 18.9 Å². The van der Waals surface area contributed by atoms with E-state index in [1.54, 1.807) is 6.92 Å². The number of carbonyl (C=O) groups is 1. The molecule has 1 aliphatic carbocycles. The Hall–Kier alpha value is -1.27. The molecule has 2 aliphatic heterocycles. The lowest BCUT2D eigenvalue weighted by molar-refractivity contribution is -0.346. The van der Waals surface area contributed by atoms with Crippen LogP contribution in [0.5, 0.6) is 0 Å². The number of fused-ring (bicyclic) bond motifs is 1. The van der Waals surface area contributed by atoms with Gasteiger partial charge in [-0.05, 0) is 19.8 Å². The first-order valence-electron chi connectivity index (χ1n) is 8.83. The summed E-state index contributed by atoms with van der Waals surface area (Å²) in [5.41, 5.74) is -0.925. The summed E-state index contributed by atoms with van der Waals surface area (Å²) >= 11 is 0. The van der Waals surface area contributed by atoms with Crippen LogP contribution in [0.25, 0.3) is 0 Å². The van der Waals surface area contributed by atoms with Gasteiger partial charge in [0.1, 0.15) is 24.4 Å². The minimum absolute atomic E-state index is 0.286. The molecule has 10 nitrogen and oxygen atoms in total. The van der Waals surface area contributed by atoms with Crippen LogP contribution in [0.3, 0.4) is 0 Å². The summed E-state index contributed by atoms with van der Waals surface area (Å²) in [6, 6.07) is 0. The quantitative estimate of drug-likeness (QED) is 0.340. The maximum atomic E-state index is 12.0. The van der Waals surface area contributed by atoms with Gasteiger partial charge in [-0.15, -0.1) is 0 Å². The molecule has 0 bridgehead atoms. The third kappa shape index (κ3) is 3.58. The second kappa shape index (κ2) is 7.63. The van der Waals surface area contributed by atoms with Crippen molar-refractivity contribution in [3.05, 3.63) is 11.8 Å². The van der Waals surface area contributed by atoms with Gasteiger partial charge in [0.25, 0.3) is 0 Å². The SMILES string of the molecule is COC(=O)C1=COC(OC2OC(CO)C(O)C(O)C2O)[C@H]2[C@@H]1CC[C@]2(C)O. The van der Waals surface area contributed by atoms with Gasteiger partial charge in [0, 0.05) is 5.92 Å². The molecule has 0 amide bonds. The molecule has 0 radical (unpaired) electrons. The number of esters is 1. The van der Waals surface area contributed by atoms with Gasteiger partial charge in [-0.2, -0.15) is 0 Å². The molecule has 0 aromatic heterocycles. The molecular weight excluding hydrogens is 364 g/mol. The van der Waals surface area contributed by atoms with Crippen molar-refractivity contribution in [2.45, 2.75) is 62.4 Å². The van der Waals surface area contributed by atoms with E-state index in [1.807, 2.05) is 0 Å². The number of rotatable bonds is 4. The Balaban J connectivity index is 1.82. The van der Waals surface area contributed by atoms with E-state index in [2.05, 4.69) is 0 Å². The number of ether oxygens (including phenoxy) is 4. The molecule has 2 fully saturated rings. The summed E-state index contributed by atoms with van der Waals surface area (Å²) in [6.45, 7) is 1.01. The molecule has 6 unspecified atom stereocenters. The topological polar surface area (TPSA) is 155 Å². The molecule has 10 heteroatoms.